The molecule has 0 atom stereocenters. The second-order valence-corrected chi connectivity index (χ2v) is 3.65. The quantitative estimate of drug-likeness (QED) is 0.508. The second-order valence-electron chi connectivity index (χ2n) is 3.65. The number of hydrogen-bond acceptors (Lipinski definition) is 1. The summed E-state index contributed by atoms with van der Waals surface area (Å²) in [6, 6.07) is 0.738. The fraction of sp³-hybridized carbons (Fsp3) is 0.700. The Kier molecular flexibility index (Phi) is 4.64. The normalized spacial score (nSPS) is 12.4. The van der Waals surface area contributed by atoms with E-state index in [1.165, 1.54) is 0 Å². The molecule has 0 unspecified atom stereocenters. The number of rotatable bonds is 3. The van der Waals surface area contributed by atoms with Crippen LogP contribution >= 0.6 is 0 Å². The number of hydrogen-bond donors (Lipinski definition) is 1. The molecule has 0 radical (unpaired) electrons. The van der Waals surface area contributed by atoms with Gasteiger partial charge in [0.1, 0.15) is 5.84 Å². The van der Waals surface area contributed by atoms with Crippen LogP contribution in [-0.4, -0.2) is 17.9 Å². The summed E-state index contributed by atoms with van der Waals surface area (Å²) in [6.45, 7) is 14.2. The molecule has 0 fully saturated rings. The molecule has 0 heterocycles. The summed E-state index contributed by atoms with van der Waals surface area (Å²) < 4.78 is 0. The molecule has 2 heteroatoms. The molecule has 0 aromatic heterocycles. The number of aliphatic imine (C=N–C) groups is 1. The smallest absolute Gasteiger partial charge is 0.123 e. The monoisotopic (exact) mass is 168 g/mol. The highest BCUT2D eigenvalue weighted by Gasteiger charge is 2.02. The van der Waals surface area contributed by atoms with Crippen molar-refractivity contribution < 1.29 is 0 Å². The molecule has 0 spiro atoms. The van der Waals surface area contributed by atoms with Crippen molar-refractivity contribution in [2.24, 2.45) is 4.99 Å². The van der Waals surface area contributed by atoms with Crippen LogP contribution in [-0.2, 0) is 0 Å². The van der Waals surface area contributed by atoms with Gasteiger partial charge in [0.2, 0.25) is 0 Å². The van der Waals surface area contributed by atoms with Crippen molar-refractivity contribution in [2.45, 2.75) is 46.7 Å². The molecule has 1 N–H and O–H groups in total. The maximum absolute atomic E-state index is 4.42. The van der Waals surface area contributed by atoms with Gasteiger partial charge in [-0.15, -0.1) is 0 Å². The molecule has 0 aliphatic carbocycles. The molecule has 2 nitrogen and oxygen atoms in total. The third kappa shape index (κ3) is 4.94. The molecular formula is C10H20N2. The highest BCUT2D eigenvalue weighted by atomic mass is 15.0. The van der Waals surface area contributed by atoms with Crippen LogP contribution in [0.4, 0.5) is 0 Å². The first-order valence-electron chi connectivity index (χ1n) is 4.43. The van der Waals surface area contributed by atoms with Gasteiger partial charge in [0, 0.05) is 12.1 Å². The Hall–Kier alpha value is -0.790. The highest BCUT2D eigenvalue weighted by Crippen LogP contribution is 1.96. The van der Waals surface area contributed by atoms with E-state index in [-0.39, 0.29) is 0 Å². The lowest BCUT2D eigenvalue weighted by Gasteiger charge is -2.13. The predicted octanol–water partition coefficient (Wildman–Crippen LogP) is 2.37. The molecule has 0 saturated carbocycles. The standard InChI is InChI=1S/C10H20N2/c1-7(2)10(11-8(3)4)12-9(5)6/h8-9H,1H2,2-6H3,(H,11,12). The second kappa shape index (κ2) is 4.96. The molecule has 0 aromatic carbocycles. The maximum atomic E-state index is 4.42. The zero-order valence-corrected chi connectivity index (χ0v) is 8.81. The Labute approximate surface area is 75.8 Å². The van der Waals surface area contributed by atoms with E-state index in [2.05, 4.69) is 44.6 Å². The number of nitrogens with zero attached hydrogens (tertiary/aromatic N) is 1. The third-order valence-electron chi connectivity index (χ3n) is 1.22. The van der Waals surface area contributed by atoms with E-state index in [1.807, 2.05) is 6.92 Å². The summed E-state index contributed by atoms with van der Waals surface area (Å²) in [5.74, 6) is 0.931. The topological polar surface area (TPSA) is 24.4 Å². The minimum absolute atomic E-state index is 0.322. The van der Waals surface area contributed by atoms with E-state index in [4.69, 9.17) is 0 Å². The van der Waals surface area contributed by atoms with Crippen molar-refractivity contribution in [3.8, 4) is 0 Å². The first-order chi connectivity index (χ1) is 5.43. The van der Waals surface area contributed by atoms with Gasteiger partial charge in [-0.05, 0) is 40.2 Å². The lowest BCUT2D eigenvalue weighted by molar-refractivity contribution is 0.718. The summed E-state index contributed by atoms with van der Waals surface area (Å²) in [4.78, 5) is 4.42. The number of amidine groups is 1. The maximum Gasteiger partial charge on any atom is 0.123 e. The third-order valence-corrected chi connectivity index (χ3v) is 1.22. The molecule has 0 rings (SSSR count). The molecule has 0 amide bonds. The summed E-state index contributed by atoms with van der Waals surface area (Å²) in [5.41, 5.74) is 0.998. The molecule has 12 heavy (non-hydrogen) atoms. The lowest BCUT2D eigenvalue weighted by atomic mass is 10.2. The highest BCUT2D eigenvalue weighted by molar-refractivity contribution is 5.97. The van der Waals surface area contributed by atoms with Gasteiger partial charge >= 0.3 is 0 Å². The average Bonchev–Trinajstić information content (AvgIpc) is 1.83. The van der Waals surface area contributed by atoms with Crippen molar-refractivity contribution in [3.05, 3.63) is 12.2 Å². The zero-order chi connectivity index (χ0) is 9.72. The van der Waals surface area contributed by atoms with E-state index in [0.717, 1.165) is 11.4 Å². The fourth-order valence-electron chi connectivity index (χ4n) is 0.802. The first-order valence-corrected chi connectivity index (χ1v) is 4.43. The fourth-order valence-corrected chi connectivity index (χ4v) is 0.802. The van der Waals surface area contributed by atoms with Crippen molar-refractivity contribution >= 4 is 5.84 Å². The Morgan fingerprint density at radius 1 is 1.25 bits per heavy atom. The Bertz CT molecular complexity index is 178. The van der Waals surface area contributed by atoms with E-state index in [0.29, 0.717) is 12.1 Å². The van der Waals surface area contributed by atoms with Gasteiger partial charge in [-0.1, -0.05) is 6.58 Å². The zero-order valence-electron chi connectivity index (χ0n) is 8.81. The Balaban J connectivity index is 4.34. The SMILES string of the molecule is C=C(C)C(=NC(C)C)NC(C)C. The summed E-state index contributed by atoms with van der Waals surface area (Å²) >= 11 is 0. The first kappa shape index (κ1) is 11.2. The minimum Gasteiger partial charge on any atom is -0.368 e. The lowest BCUT2D eigenvalue weighted by Crippen LogP contribution is -2.31. The van der Waals surface area contributed by atoms with Crippen LogP contribution in [0.1, 0.15) is 34.6 Å². The van der Waals surface area contributed by atoms with Crippen LogP contribution in [0, 0.1) is 0 Å². The number of nitrogens with one attached hydrogen (secondary N) is 1. The van der Waals surface area contributed by atoms with E-state index in [1.54, 1.807) is 0 Å². The Morgan fingerprint density at radius 3 is 2.00 bits per heavy atom. The van der Waals surface area contributed by atoms with Gasteiger partial charge < -0.3 is 5.32 Å². The van der Waals surface area contributed by atoms with Crippen molar-refractivity contribution in [2.75, 3.05) is 0 Å². The molecule has 0 aliphatic rings. The summed E-state index contributed by atoms with van der Waals surface area (Å²) in [5, 5.41) is 3.26. The molecule has 0 aliphatic heterocycles. The largest absolute Gasteiger partial charge is 0.368 e. The van der Waals surface area contributed by atoms with Gasteiger partial charge in [-0.3, -0.25) is 4.99 Å². The van der Waals surface area contributed by atoms with Gasteiger partial charge in [0.05, 0.1) is 0 Å². The Morgan fingerprint density at radius 2 is 1.75 bits per heavy atom. The van der Waals surface area contributed by atoms with Crippen LogP contribution in [0.5, 0.6) is 0 Å². The van der Waals surface area contributed by atoms with Crippen molar-refractivity contribution in [1.82, 2.24) is 5.32 Å². The van der Waals surface area contributed by atoms with Gasteiger partial charge in [0.25, 0.3) is 0 Å². The van der Waals surface area contributed by atoms with Gasteiger partial charge in [-0.25, -0.2) is 0 Å². The van der Waals surface area contributed by atoms with Gasteiger partial charge in [0.15, 0.2) is 0 Å². The predicted molar refractivity (Wildman–Crippen MR) is 55.7 cm³/mol. The van der Waals surface area contributed by atoms with Crippen LogP contribution in [0.15, 0.2) is 17.1 Å². The van der Waals surface area contributed by atoms with E-state index >= 15 is 0 Å². The van der Waals surface area contributed by atoms with Crippen molar-refractivity contribution in [3.63, 3.8) is 0 Å². The summed E-state index contributed by atoms with van der Waals surface area (Å²) in [7, 11) is 0. The van der Waals surface area contributed by atoms with Crippen molar-refractivity contribution in [1.29, 1.82) is 0 Å². The molecule has 0 aromatic rings. The summed E-state index contributed by atoms with van der Waals surface area (Å²) in [6.07, 6.45) is 0. The van der Waals surface area contributed by atoms with E-state index < -0.39 is 0 Å². The molecular weight excluding hydrogens is 148 g/mol. The average molecular weight is 168 g/mol. The molecule has 70 valence electrons. The van der Waals surface area contributed by atoms with Crippen LogP contribution in [0.25, 0.3) is 0 Å². The molecule has 0 bridgehead atoms. The van der Waals surface area contributed by atoms with Gasteiger partial charge in [-0.2, -0.15) is 0 Å². The van der Waals surface area contributed by atoms with Crippen LogP contribution in [0.3, 0.4) is 0 Å². The minimum atomic E-state index is 0.322. The van der Waals surface area contributed by atoms with Crippen LogP contribution < -0.4 is 5.32 Å². The van der Waals surface area contributed by atoms with E-state index in [9.17, 15) is 0 Å². The molecule has 0 saturated heterocycles. The van der Waals surface area contributed by atoms with Crippen LogP contribution in [0.2, 0.25) is 0 Å².